The molecule has 104 valence electrons. The van der Waals surface area contributed by atoms with Crippen molar-refractivity contribution in [1.29, 1.82) is 0 Å². The Bertz CT molecular complexity index is 153. The second-order valence-corrected chi connectivity index (χ2v) is 4.78. The highest BCUT2D eigenvalue weighted by molar-refractivity contribution is 4.63. The SMILES string of the molecule is CCCCCC(C)NCCN(CC)CCOC. The van der Waals surface area contributed by atoms with Crippen LogP contribution in [0.15, 0.2) is 0 Å². The summed E-state index contributed by atoms with van der Waals surface area (Å²) in [4.78, 5) is 2.43. The van der Waals surface area contributed by atoms with Gasteiger partial charge in [0.05, 0.1) is 6.61 Å². The van der Waals surface area contributed by atoms with E-state index in [1.54, 1.807) is 7.11 Å². The Morgan fingerprint density at radius 3 is 2.53 bits per heavy atom. The fourth-order valence-corrected chi connectivity index (χ4v) is 1.92. The normalized spacial score (nSPS) is 13.2. The Labute approximate surface area is 108 Å². The third-order valence-electron chi connectivity index (χ3n) is 3.22. The van der Waals surface area contributed by atoms with E-state index < -0.39 is 0 Å². The van der Waals surface area contributed by atoms with Crippen molar-refractivity contribution in [2.24, 2.45) is 0 Å². The maximum absolute atomic E-state index is 5.10. The zero-order chi connectivity index (χ0) is 12.9. The Morgan fingerprint density at radius 2 is 1.94 bits per heavy atom. The van der Waals surface area contributed by atoms with Crippen molar-refractivity contribution in [1.82, 2.24) is 10.2 Å². The van der Waals surface area contributed by atoms with Gasteiger partial charge in [0.2, 0.25) is 0 Å². The molecule has 17 heavy (non-hydrogen) atoms. The standard InChI is InChI=1S/C14H32N2O/c1-5-7-8-9-14(3)15-10-11-16(6-2)12-13-17-4/h14-15H,5-13H2,1-4H3. The van der Waals surface area contributed by atoms with Gasteiger partial charge < -0.3 is 15.0 Å². The lowest BCUT2D eigenvalue weighted by Gasteiger charge is -2.21. The lowest BCUT2D eigenvalue weighted by molar-refractivity contribution is 0.150. The number of hydrogen-bond donors (Lipinski definition) is 1. The molecular weight excluding hydrogens is 212 g/mol. The molecule has 0 aromatic heterocycles. The zero-order valence-corrected chi connectivity index (χ0v) is 12.3. The summed E-state index contributed by atoms with van der Waals surface area (Å²) in [6, 6.07) is 0.655. The smallest absolute Gasteiger partial charge is 0.0589 e. The monoisotopic (exact) mass is 244 g/mol. The largest absolute Gasteiger partial charge is 0.383 e. The Morgan fingerprint density at radius 1 is 1.18 bits per heavy atom. The number of nitrogens with one attached hydrogen (secondary N) is 1. The van der Waals surface area contributed by atoms with Gasteiger partial charge in [-0.05, 0) is 19.9 Å². The average Bonchev–Trinajstić information content (AvgIpc) is 2.34. The van der Waals surface area contributed by atoms with Crippen molar-refractivity contribution >= 4 is 0 Å². The van der Waals surface area contributed by atoms with Crippen molar-refractivity contribution in [3.63, 3.8) is 0 Å². The minimum atomic E-state index is 0.655. The first-order chi connectivity index (χ1) is 8.24. The molecule has 0 aromatic carbocycles. The van der Waals surface area contributed by atoms with Gasteiger partial charge in [-0.2, -0.15) is 0 Å². The topological polar surface area (TPSA) is 24.5 Å². The molecule has 0 amide bonds. The van der Waals surface area contributed by atoms with Gasteiger partial charge in [0.1, 0.15) is 0 Å². The lowest BCUT2D eigenvalue weighted by Crippen LogP contribution is -2.37. The molecule has 3 nitrogen and oxygen atoms in total. The second kappa shape index (κ2) is 12.3. The van der Waals surface area contributed by atoms with E-state index in [0.717, 1.165) is 32.8 Å². The molecule has 0 spiro atoms. The molecule has 0 heterocycles. The minimum Gasteiger partial charge on any atom is -0.383 e. The molecule has 0 aliphatic carbocycles. The van der Waals surface area contributed by atoms with Crippen LogP contribution in [-0.4, -0.2) is 50.8 Å². The molecule has 1 unspecified atom stereocenters. The zero-order valence-electron chi connectivity index (χ0n) is 12.3. The van der Waals surface area contributed by atoms with E-state index in [-0.39, 0.29) is 0 Å². The molecular formula is C14H32N2O. The van der Waals surface area contributed by atoms with Crippen molar-refractivity contribution in [2.75, 3.05) is 39.9 Å². The summed E-state index contributed by atoms with van der Waals surface area (Å²) < 4.78 is 5.10. The number of likely N-dealkylation sites (N-methyl/N-ethyl adjacent to an activating group) is 1. The molecule has 1 atom stereocenters. The highest BCUT2D eigenvalue weighted by Crippen LogP contribution is 2.02. The van der Waals surface area contributed by atoms with Gasteiger partial charge in [-0.15, -0.1) is 0 Å². The van der Waals surface area contributed by atoms with Crippen molar-refractivity contribution in [2.45, 2.75) is 52.5 Å². The van der Waals surface area contributed by atoms with Crippen molar-refractivity contribution < 1.29 is 4.74 Å². The first kappa shape index (κ1) is 16.9. The molecule has 3 heteroatoms. The first-order valence-electron chi connectivity index (χ1n) is 7.19. The molecule has 1 N–H and O–H groups in total. The molecule has 0 saturated heterocycles. The number of nitrogens with zero attached hydrogens (tertiary/aromatic N) is 1. The van der Waals surface area contributed by atoms with E-state index in [0.29, 0.717) is 6.04 Å². The van der Waals surface area contributed by atoms with Crippen molar-refractivity contribution in [3.8, 4) is 0 Å². The third-order valence-corrected chi connectivity index (χ3v) is 3.22. The van der Waals surface area contributed by atoms with Gasteiger partial charge in [0.25, 0.3) is 0 Å². The number of methoxy groups -OCH3 is 1. The van der Waals surface area contributed by atoms with Crippen LogP contribution in [0.25, 0.3) is 0 Å². The van der Waals surface area contributed by atoms with E-state index in [1.807, 2.05) is 0 Å². The van der Waals surface area contributed by atoms with E-state index in [4.69, 9.17) is 4.74 Å². The molecule has 0 radical (unpaired) electrons. The van der Waals surface area contributed by atoms with Crippen molar-refractivity contribution in [3.05, 3.63) is 0 Å². The van der Waals surface area contributed by atoms with Gasteiger partial charge in [-0.3, -0.25) is 0 Å². The van der Waals surface area contributed by atoms with E-state index in [1.165, 1.54) is 25.7 Å². The average molecular weight is 244 g/mol. The summed E-state index contributed by atoms with van der Waals surface area (Å²) in [6.07, 6.45) is 5.33. The van der Waals surface area contributed by atoms with Gasteiger partial charge >= 0.3 is 0 Å². The third kappa shape index (κ3) is 10.7. The fourth-order valence-electron chi connectivity index (χ4n) is 1.92. The highest BCUT2D eigenvalue weighted by atomic mass is 16.5. The molecule has 0 saturated carbocycles. The predicted octanol–water partition coefficient (Wildman–Crippen LogP) is 2.51. The predicted molar refractivity (Wildman–Crippen MR) is 75.6 cm³/mol. The summed E-state index contributed by atoms with van der Waals surface area (Å²) >= 11 is 0. The summed E-state index contributed by atoms with van der Waals surface area (Å²) in [6.45, 7) is 11.9. The van der Waals surface area contributed by atoms with E-state index in [2.05, 4.69) is 31.0 Å². The maximum Gasteiger partial charge on any atom is 0.0589 e. The molecule has 0 bridgehead atoms. The van der Waals surface area contributed by atoms with Crippen LogP contribution in [0.3, 0.4) is 0 Å². The second-order valence-electron chi connectivity index (χ2n) is 4.78. The quantitative estimate of drug-likeness (QED) is 0.534. The maximum atomic E-state index is 5.10. The van der Waals surface area contributed by atoms with Gasteiger partial charge in [0, 0.05) is 32.8 Å². The van der Waals surface area contributed by atoms with Gasteiger partial charge in [0.15, 0.2) is 0 Å². The molecule has 0 aromatic rings. The number of rotatable bonds is 12. The molecule has 0 rings (SSSR count). The van der Waals surface area contributed by atoms with Gasteiger partial charge in [-0.1, -0.05) is 33.1 Å². The number of hydrogen-bond acceptors (Lipinski definition) is 3. The summed E-state index contributed by atoms with van der Waals surface area (Å²) in [5.41, 5.74) is 0. The van der Waals surface area contributed by atoms with Crippen LogP contribution in [0.5, 0.6) is 0 Å². The summed E-state index contributed by atoms with van der Waals surface area (Å²) in [5, 5.41) is 3.60. The number of ether oxygens (including phenoxy) is 1. The summed E-state index contributed by atoms with van der Waals surface area (Å²) in [7, 11) is 1.77. The van der Waals surface area contributed by atoms with Gasteiger partial charge in [-0.25, -0.2) is 0 Å². The first-order valence-corrected chi connectivity index (χ1v) is 7.19. The Kier molecular flexibility index (Phi) is 12.3. The van der Waals surface area contributed by atoms with Crippen LogP contribution in [0.2, 0.25) is 0 Å². The van der Waals surface area contributed by atoms with Crippen LogP contribution < -0.4 is 5.32 Å². The summed E-state index contributed by atoms with van der Waals surface area (Å²) in [5.74, 6) is 0. The van der Waals surface area contributed by atoms with E-state index >= 15 is 0 Å². The number of unbranched alkanes of at least 4 members (excludes halogenated alkanes) is 2. The molecule has 0 aliphatic heterocycles. The minimum absolute atomic E-state index is 0.655. The molecule has 0 fully saturated rings. The Balaban J connectivity index is 3.45. The highest BCUT2D eigenvalue weighted by Gasteiger charge is 2.03. The molecule has 0 aliphatic rings. The fraction of sp³-hybridized carbons (Fsp3) is 1.00. The Hall–Kier alpha value is -0.120. The lowest BCUT2D eigenvalue weighted by atomic mass is 10.1. The van der Waals surface area contributed by atoms with Crippen LogP contribution in [0.4, 0.5) is 0 Å². The van der Waals surface area contributed by atoms with E-state index in [9.17, 15) is 0 Å². The van der Waals surface area contributed by atoms with Crippen LogP contribution in [-0.2, 0) is 4.74 Å². The van der Waals surface area contributed by atoms with Crippen LogP contribution in [0, 0.1) is 0 Å². The van der Waals surface area contributed by atoms with Crippen LogP contribution >= 0.6 is 0 Å². The van der Waals surface area contributed by atoms with Crippen LogP contribution in [0.1, 0.15) is 46.5 Å².